The van der Waals surface area contributed by atoms with E-state index in [1.807, 2.05) is 48.5 Å². The van der Waals surface area contributed by atoms with E-state index in [2.05, 4.69) is 15.3 Å². The summed E-state index contributed by atoms with van der Waals surface area (Å²) in [6.45, 7) is 1.67. The molecule has 8 nitrogen and oxygen atoms in total. The summed E-state index contributed by atoms with van der Waals surface area (Å²) in [6, 6.07) is 15.9. The van der Waals surface area contributed by atoms with Gasteiger partial charge in [-0.05, 0) is 47.6 Å². The summed E-state index contributed by atoms with van der Waals surface area (Å²) in [5.41, 5.74) is 11.2. The highest BCUT2D eigenvalue weighted by atomic mass is 16.5. The molecule has 0 radical (unpaired) electrons. The van der Waals surface area contributed by atoms with Crippen LogP contribution in [0.15, 0.2) is 53.6 Å². The van der Waals surface area contributed by atoms with Crippen LogP contribution in [0.3, 0.4) is 0 Å². The number of nitrogens with one attached hydrogen (secondary N) is 1. The Balaban J connectivity index is 1.67. The van der Waals surface area contributed by atoms with Crippen LogP contribution in [0.1, 0.15) is 36.8 Å². The largest absolute Gasteiger partial charge is 0.480 e. The van der Waals surface area contributed by atoms with Gasteiger partial charge in [-0.25, -0.2) is 9.59 Å². The summed E-state index contributed by atoms with van der Waals surface area (Å²) in [4.78, 5) is 26.6. The van der Waals surface area contributed by atoms with E-state index >= 15 is 0 Å². The molecule has 2 aromatic carbocycles. The molecule has 1 amide bonds. The van der Waals surface area contributed by atoms with Crippen molar-refractivity contribution in [1.29, 1.82) is 0 Å². The Bertz CT molecular complexity index is 925. The van der Waals surface area contributed by atoms with Crippen molar-refractivity contribution in [2.75, 3.05) is 13.2 Å². The minimum absolute atomic E-state index is 0.103. The molecule has 150 valence electrons. The first-order valence-electron chi connectivity index (χ1n) is 9.33. The maximum absolute atomic E-state index is 12.4. The average Bonchev–Trinajstić information content (AvgIpc) is 3.03. The molecule has 1 aliphatic carbocycles. The van der Waals surface area contributed by atoms with Crippen LogP contribution >= 0.6 is 0 Å². The fourth-order valence-electron chi connectivity index (χ4n) is 3.63. The fourth-order valence-corrected chi connectivity index (χ4v) is 3.63. The lowest BCUT2D eigenvalue weighted by atomic mass is 9.96. The molecule has 0 saturated carbocycles. The molecule has 0 aliphatic heterocycles. The second-order valence-electron chi connectivity index (χ2n) is 7.15. The first-order valence-corrected chi connectivity index (χ1v) is 9.33. The van der Waals surface area contributed by atoms with Crippen molar-refractivity contribution in [1.82, 2.24) is 5.32 Å². The van der Waals surface area contributed by atoms with Gasteiger partial charge < -0.3 is 15.2 Å². The number of fused-ring (bicyclic) bond motifs is 3. The smallest absolute Gasteiger partial charge is 0.408 e. The summed E-state index contributed by atoms with van der Waals surface area (Å²) in [6.07, 6.45) is -0.345. The van der Waals surface area contributed by atoms with Crippen LogP contribution in [0.5, 0.6) is 0 Å². The van der Waals surface area contributed by atoms with Crippen LogP contribution in [0.2, 0.25) is 0 Å². The van der Waals surface area contributed by atoms with Gasteiger partial charge in [-0.3, -0.25) is 0 Å². The Kier molecular flexibility index (Phi) is 6.04. The quantitative estimate of drug-likeness (QED) is 0.297. The lowest BCUT2D eigenvalue weighted by Crippen LogP contribution is -2.52. The molecule has 1 unspecified atom stereocenters. The normalized spacial score (nSPS) is 14.1. The van der Waals surface area contributed by atoms with Crippen LogP contribution in [0.4, 0.5) is 4.79 Å². The van der Waals surface area contributed by atoms with Crippen molar-refractivity contribution < 1.29 is 19.4 Å². The van der Waals surface area contributed by atoms with E-state index in [-0.39, 0.29) is 25.5 Å². The van der Waals surface area contributed by atoms with Gasteiger partial charge in [-0.2, -0.15) is 0 Å². The predicted octanol–water partition coefficient (Wildman–Crippen LogP) is 4.46. The summed E-state index contributed by atoms with van der Waals surface area (Å²) >= 11 is 0. The molecule has 1 atom stereocenters. The number of nitrogens with zero attached hydrogens (tertiary/aromatic N) is 3. The van der Waals surface area contributed by atoms with Crippen molar-refractivity contribution in [2.24, 2.45) is 5.11 Å². The molecule has 0 saturated heterocycles. The number of carboxylic acids is 1. The zero-order valence-electron chi connectivity index (χ0n) is 16.0. The first kappa shape index (κ1) is 20.2. The maximum atomic E-state index is 12.4. The molecule has 0 heterocycles. The number of amides is 1. The van der Waals surface area contributed by atoms with Gasteiger partial charge in [0.2, 0.25) is 0 Å². The Labute approximate surface area is 168 Å². The zero-order valence-corrected chi connectivity index (χ0v) is 16.0. The van der Waals surface area contributed by atoms with Crippen LogP contribution < -0.4 is 5.32 Å². The number of aliphatic carboxylic acids is 1. The summed E-state index contributed by atoms with van der Waals surface area (Å²) in [7, 11) is 0. The molecular formula is C21H22N4O4. The third kappa shape index (κ3) is 4.33. The summed E-state index contributed by atoms with van der Waals surface area (Å²) < 4.78 is 5.42. The number of carboxylic acid groups (broad SMARTS) is 1. The molecule has 2 N–H and O–H groups in total. The van der Waals surface area contributed by atoms with Crippen molar-refractivity contribution in [2.45, 2.75) is 31.2 Å². The molecule has 0 aromatic heterocycles. The van der Waals surface area contributed by atoms with Crippen LogP contribution in [0.25, 0.3) is 21.6 Å². The molecule has 0 spiro atoms. The third-order valence-electron chi connectivity index (χ3n) is 5.19. The molecule has 3 rings (SSSR count). The van der Waals surface area contributed by atoms with Crippen molar-refractivity contribution in [3.05, 3.63) is 70.1 Å². The highest BCUT2D eigenvalue weighted by Crippen LogP contribution is 2.44. The molecule has 29 heavy (non-hydrogen) atoms. The number of carbonyl (C=O) groups is 2. The van der Waals surface area contributed by atoms with E-state index < -0.39 is 17.6 Å². The van der Waals surface area contributed by atoms with E-state index in [4.69, 9.17) is 10.3 Å². The Hall–Kier alpha value is -3.51. The average molecular weight is 394 g/mol. The van der Waals surface area contributed by atoms with E-state index in [0.29, 0.717) is 6.42 Å². The fraction of sp³-hybridized carbons (Fsp3) is 0.333. The Morgan fingerprint density at radius 3 is 2.31 bits per heavy atom. The topological polar surface area (TPSA) is 124 Å². The van der Waals surface area contributed by atoms with E-state index in [1.165, 1.54) is 6.92 Å². The molecule has 0 fully saturated rings. The number of ether oxygens (including phenoxy) is 1. The summed E-state index contributed by atoms with van der Waals surface area (Å²) in [5.74, 6) is -1.28. The number of alkyl carbamates (subject to hydrolysis) is 1. The lowest BCUT2D eigenvalue weighted by Gasteiger charge is -2.26. The predicted molar refractivity (Wildman–Crippen MR) is 107 cm³/mol. The van der Waals surface area contributed by atoms with Gasteiger partial charge in [0, 0.05) is 17.4 Å². The van der Waals surface area contributed by atoms with Gasteiger partial charge in [0.25, 0.3) is 0 Å². The van der Waals surface area contributed by atoms with Gasteiger partial charge in [-0.15, -0.1) is 0 Å². The molecule has 0 bridgehead atoms. The number of benzene rings is 2. The van der Waals surface area contributed by atoms with Crippen molar-refractivity contribution in [3.63, 3.8) is 0 Å². The van der Waals surface area contributed by atoms with Gasteiger partial charge in [-0.1, -0.05) is 53.6 Å². The molecular weight excluding hydrogens is 372 g/mol. The minimum Gasteiger partial charge on any atom is -0.480 e. The number of rotatable bonds is 8. The van der Waals surface area contributed by atoms with Gasteiger partial charge in [0.15, 0.2) is 0 Å². The number of carbonyl (C=O) groups excluding carboxylic acids is 1. The van der Waals surface area contributed by atoms with Crippen LogP contribution in [-0.2, 0) is 9.53 Å². The third-order valence-corrected chi connectivity index (χ3v) is 5.19. The van der Waals surface area contributed by atoms with Crippen LogP contribution in [-0.4, -0.2) is 35.9 Å². The van der Waals surface area contributed by atoms with Crippen LogP contribution in [0, 0.1) is 0 Å². The van der Waals surface area contributed by atoms with Gasteiger partial charge in [0.05, 0.1) is 0 Å². The minimum atomic E-state index is -1.51. The van der Waals surface area contributed by atoms with E-state index in [9.17, 15) is 14.7 Å². The molecule has 8 heteroatoms. The number of hydrogen-bond acceptors (Lipinski definition) is 4. The standard InChI is InChI=1S/C21H22N4O4/c1-21(19(26)27,11-6-12-23-25-22)24-20(28)29-13-18-16-9-4-2-7-14(16)15-8-3-5-10-17(15)18/h2-5,7-10,18H,6,11-13H2,1H3,(H,24,28)(H,26,27). The Morgan fingerprint density at radius 2 is 1.76 bits per heavy atom. The highest BCUT2D eigenvalue weighted by Gasteiger charge is 2.35. The van der Waals surface area contributed by atoms with Crippen molar-refractivity contribution in [3.8, 4) is 11.1 Å². The molecule has 1 aliphatic rings. The second-order valence-corrected chi connectivity index (χ2v) is 7.15. The van der Waals surface area contributed by atoms with E-state index in [1.54, 1.807) is 0 Å². The number of azide groups is 1. The lowest BCUT2D eigenvalue weighted by molar-refractivity contribution is -0.144. The monoisotopic (exact) mass is 394 g/mol. The SMILES string of the molecule is CC(CCCN=[N+]=[N-])(NC(=O)OCC1c2ccccc2-c2ccccc21)C(=O)O. The van der Waals surface area contributed by atoms with Gasteiger partial charge >= 0.3 is 12.1 Å². The number of hydrogen-bond donors (Lipinski definition) is 2. The molecule has 2 aromatic rings. The van der Waals surface area contributed by atoms with E-state index in [0.717, 1.165) is 22.3 Å². The summed E-state index contributed by atoms with van der Waals surface area (Å²) in [5, 5.41) is 15.3. The zero-order chi connectivity index (χ0) is 20.9. The van der Waals surface area contributed by atoms with Gasteiger partial charge in [0.1, 0.15) is 12.1 Å². The first-order chi connectivity index (χ1) is 14.0. The second kappa shape index (κ2) is 8.67. The van der Waals surface area contributed by atoms with Crippen molar-refractivity contribution >= 4 is 12.1 Å². The Morgan fingerprint density at radius 1 is 1.17 bits per heavy atom. The maximum Gasteiger partial charge on any atom is 0.408 e. The highest BCUT2D eigenvalue weighted by molar-refractivity contribution is 5.84.